The number of halogens is 1. The number of anilines is 3. The van der Waals surface area contributed by atoms with E-state index in [1.54, 1.807) is 18.2 Å². The first kappa shape index (κ1) is 11.7. The summed E-state index contributed by atoms with van der Waals surface area (Å²) in [6.07, 6.45) is 1.86. The van der Waals surface area contributed by atoms with Crippen molar-refractivity contribution in [2.75, 3.05) is 17.3 Å². The van der Waals surface area contributed by atoms with Crippen LogP contribution in [0.2, 0.25) is 0 Å². The minimum absolute atomic E-state index is 0.304. The lowest BCUT2D eigenvalue weighted by Gasteiger charge is -2.07. The normalized spacial score (nSPS) is 10.2. The van der Waals surface area contributed by atoms with E-state index in [1.165, 1.54) is 23.9 Å². The van der Waals surface area contributed by atoms with Crippen molar-refractivity contribution in [2.24, 2.45) is 0 Å². The molecular weight excluding hydrogens is 239 g/mol. The Morgan fingerprint density at radius 3 is 2.82 bits per heavy atom. The van der Waals surface area contributed by atoms with E-state index in [1.807, 2.05) is 6.26 Å². The Labute approximate surface area is 102 Å². The first-order valence-corrected chi connectivity index (χ1v) is 6.11. The van der Waals surface area contributed by atoms with Crippen molar-refractivity contribution in [1.29, 1.82) is 0 Å². The quantitative estimate of drug-likeness (QED) is 0.647. The second-order valence-electron chi connectivity index (χ2n) is 3.30. The number of nitrogens with one attached hydrogen (secondary N) is 1. The molecule has 0 aliphatic heterocycles. The van der Waals surface area contributed by atoms with Gasteiger partial charge in [-0.05, 0) is 24.5 Å². The lowest BCUT2D eigenvalue weighted by Crippen LogP contribution is -2.00. The summed E-state index contributed by atoms with van der Waals surface area (Å²) in [7, 11) is 0. The maximum Gasteiger partial charge on any atom is 0.191 e. The highest BCUT2D eigenvalue weighted by atomic mass is 32.2. The number of nitrogens with zero attached hydrogens (tertiary/aromatic N) is 2. The third-order valence-corrected chi connectivity index (χ3v) is 2.55. The van der Waals surface area contributed by atoms with Gasteiger partial charge in [-0.25, -0.2) is 14.4 Å². The van der Waals surface area contributed by atoms with Crippen LogP contribution in [0.3, 0.4) is 0 Å². The van der Waals surface area contributed by atoms with E-state index in [9.17, 15) is 4.39 Å². The van der Waals surface area contributed by atoms with E-state index in [0.717, 1.165) is 0 Å². The molecule has 0 aliphatic carbocycles. The van der Waals surface area contributed by atoms with Crippen LogP contribution in [0.4, 0.5) is 21.7 Å². The second-order valence-corrected chi connectivity index (χ2v) is 4.07. The first-order chi connectivity index (χ1) is 8.17. The molecule has 3 N–H and O–H groups in total. The van der Waals surface area contributed by atoms with Crippen molar-refractivity contribution in [2.45, 2.75) is 5.16 Å². The summed E-state index contributed by atoms with van der Waals surface area (Å²) >= 11 is 1.39. The number of rotatable bonds is 3. The molecule has 1 aromatic heterocycles. The topological polar surface area (TPSA) is 63.8 Å². The lowest BCUT2D eigenvalue weighted by atomic mass is 10.3. The third-order valence-electron chi connectivity index (χ3n) is 2.01. The van der Waals surface area contributed by atoms with Crippen LogP contribution in [0, 0.1) is 5.82 Å². The zero-order valence-electron chi connectivity index (χ0n) is 9.14. The zero-order valence-corrected chi connectivity index (χ0v) is 9.96. The van der Waals surface area contributed by atoms with Gasteiger partial charge in [0.15, 0.2) is 5.16 Å². The Hall–Kier alpha value is -1.82. The average molecular weight is 250 g/mol. The van der Waals surface area contributed by atoms with E-state index in [0.29, 0.717) is 22.5 Å². The Morgan fingerprint density at radius 1 is 1.29 bits per heavy atom. The molecular formula is C11H11FN4S. The van der Waals surface area contributed by atoms with Gasteiger partial charge in [0.25, 0.3) is 0 Å². The molecule has 0 fully saturated rings. The van der Waals surface area contributed by atoms with Crippen LogP contribution in [-0.4, -0.2) is 16.2 Å². The van der Waals surface area contributed by atoms with Gasteiger partial charge in [0, 0.05) is 11.8 Å². The van der Waals surface area contributed by atoms with Gasteiger partial charge < -0.3 is 11.1 Å². The zero-order chi connectivity index (χ0) is 12.3. The maximum absolute atomic E-state index is 13.0. The molecule has 0 radical (unpaired) electrons. The molecule has 2 rings (SSSR count). The molecule has 88 valence electrons. The average Bonchev–Trinajstić information content (AvgIpc) is 2.28. The van der Waals surface area contributed by atoms with Crippen molar-refractivity contribution in [3.8, 4) is 0 Å². The number of nitrogen functional groups attached to an aromatic ring is 1. The van der Waals surface area contributed by atoms with Gasteiger partial charge in [-0.3, -0.25) is 0 Å². The van der Waals surface area contributed by atoms with Crippen molar-refractivity contribution in [3.63, 3.8) is 0 Å². The molecule has 0 saturated carbocycles. The van der Waals surface area contributed by atoms with E-state index in [2.05, 4.69) is 15.3 Å². The Kier molecular flexibility index (Phi) is 3.43. The van der Waals surface area contributed by atoms with Gasteiger partial charge in [-0.1, -0.05) is 17.8 Å². The number of thioether (sulfide) groups is 1. The lowest BCUT2D eigenvalue weighted by molar-refractivity contribution is 0.628. The van der Waals surface area contributed by atoms with Crippen molar-refractivity contribution in [3.05, 3.63) is 36.1 Å². The first-order valence-electron chi connectivity index (χ1n) is 4.88. The highest BCUT2D eigenvalue weighted by Crippen LogP contribution is 2.19. The Bertz CT molecular complexity index is 533. The van der Waals surface area contributed by atoms with Crippen LogP contribution >= 0.6 is 11.8 Å². The number of nitrogens with two attached hydrogens (primary N) is 1. The van der Waals surface area contributed by atoms with E-state index < -0.39 is 0 Å². The van der Waals surface area contributed by atoms with E-state index in [-0.39, 0.29) is 5.82 Å². The molecule has 1 aromatic carbocycles. The summed E-state index contributed by atoms with van der Waals surface area (Å²) in [6.45, 7) is 0. The number of hydrogen-bond acceptors (Lipinski definition) is 5. The molecule has 0 spiro atoms. The predicted molar refractivity (Wildman–Crippen MR) is 67.9 cm³/mol. The fourth-order valence-electron chi connectivity index (χ4n) is 1.31. The molecule has 1 heterocycles. The molecule has 6 heteroatoms. The SMILES string of the molecule is CSc1nc(N)cc(Nc2cccc(F)c2)n1. The van der Waals surface area contributed by atoms with Crippen molar-refractivity contribution >= 4 is 29.1 Å². The van der Waals surface area contributed by atoms with Gasteiger partial charge in [0.2, 0.25) is 0 Å². The van der Waals surface area contributed by atoms with Crippen LogP contribution in [-0.2, 0) is 0 Å². The third kappa shape index (κ3) is 3.07. The summed E-state index contributed by atoms with van der Waals surface area (Å²) in [6, 6.07) is 7.74. The number of hydrogen-bond donors (Lipinski definition) is 2. The predicted octanol–water partition coefficient (Wildman–Crippen LogP) is 2.66. The fraction of sp³-hybridized carbons (Fsp3) is 0.0909. The smallest absolute Gasteiger partial charge is 0.191 e. The van der Waals surface area contributed by atoms with Crippen LogP contribution in [0.5, 0.6) is 0 Å². The van der Waals surface area contributed by atoms with Gasteiger partial charge in [0.1, 0.15) is 17.5 Å². The summed E-state index contributed by atoms with van der Waals surface area (Å²) in [5.74, 6) is 0.623. The Morgan fingerprint density at radius 2 is 2.12 bits per heavy atom. The standard InChI is InChI=1S/C11H11FN4S/c1-17-11-15-9(13)6-10(16-11)14-8-4-2-3-7(12)5-8/h2-6H,1H3,(H3,13,14,15,16). The minimum atomic E-state index is -0.304. The van der Waals surface area contributed by atoms with E-state index in [4.69, 9.17) is 5.73 Å². The highest BCUT2D eigenvalue weighted by molar-refractivity contribution is 7.98. The van der Waals surface area contributed by atoms with Gasteiger partial charge in [-0.15, -0.1) is 0 Å². The number of benzene rings is 1. The summed E-state index contributed by atoms with van der Waals surface area (Å²) < 4.78 is 13.0. The molecule has 17 heavy (non-hydrogen) atoms. The van der Waals surface area contributed by atoms with Crippen LogP contribution < -0.4 is 11.1 Å². The highest BCUT2D eigenvalue weighted by Gasteiger charge is 2.02. The molecule has 0 bridgehead atoms. The summed E-state index contributed by atoms with van der Waals surface area (Å²) in [4.78, 5) is 8.24. The molecule has 0 unspecified atom stereocenters. The second kappa shape index (κ2) is 5.01. The molecule has 2 aromatic rings. The van der Waals surface area contributed by atoms with E-state index >= 15 is 0 Å². The summed E-state index contributed by atoms with van der Waals surface area (Å²) in [5, 5.41) is 3.55. The van der Waals surface area contributed by atoms with Crippen LogP contribution in [0.1, 0.15) is 0 Å². The maximum atomic E-state index is 13.0. The Balaban J connectivity index is 2.26. The molecule has 0 amide bonds. The molecule has 0 saturated heterocycles. The van der Waals surface area contributed by atoms with Crippen LogP contribution in [0.25, 0.3) is 0 Å². The van der Waals surface area contributed by atoms with Gasteiger partial charge >= 0.3 is 0 Å². The molecule has 0 aliphatic rings. The van der Waals surface area contributed by atoms with Gasteiger partial charge in [0.05, 0.1) is 0 Å². The van der Waals surface area contributed by atoms with Crippen molar-refractivity contribution in [1.82, 2.24) is 9.97 Å². The largest absolute Gasteiger partial charge is 0.383 e. The number of aromatic nitrogens is 2. The monoisotopic (exact) mass is 250 g/mol. The van der Waals surface area contributed by atoms with Crippen molar-refractivity contribution < 1.29 is 4.39 Å². The minimum Gasteiger partial charge on any atom is -0.383 e. The van der Waals surface area contributed by atoms with Gasteiger partial charge in [-0.2, -0.15) is 0 Å². The fourth-order valence-corrected chi connectivity index (χ4v) is 1.70. The molecule has 4 nitrogen and oxygen atoms in total. The molecule has 0 atom stereocenters. The van der Waals surface area contributed by atoms with Crippen LogP contribution in [0.15, 0.2) is 35.5 Å². The summed E-state index contributed by atoms with van der Waals surface area (Å²) in [5.41, 5.74) is 6.26.